The maximum absolute atomic E-state index is 6.07. The molecule has 0 aromatic heterocycles. The number of benzene rings is 1. The van der Waals surface area contributed by atoms with Gasteiger partial charge in [-0.25, -0.2) is 0 Å². The van der Waals surface area contributed by atoms with Crippen LogP contribution in [0.2, 0.25) is 0 Å². The largest absolute Gasteiger partial charge is 0.493 e. The predicted molar refractivity (Wildman–Crippen MR) is 93.4 cm³/mol. The smallest absolute Gasteiger partial charge is 0.122 e. The van der Waals surface area contributed by atoms with Gasteiger partial charge in [0.15, 0.2) is 0 Å². The van der Waals surface area contributed by atoms with Crippen LogP contribution in [0.25, 0.3) is 0 Å². The Kier molecular flexibility index (Phi) is 9.21. The highest BCUT2D eigenvalue weighted by molar-refractivity contribution is 5.39. The quantitative estimate of drug-likeness (QED) is 0.415. The summed E-state index contributed by atoms with van der Waals surface area (Å²) in [6.45, 7) is 9.82. The van der Waals surface area contributed by atoms with E-state index in [-0.39, 0.29) is 0 Å². The Balaban J connectivity index is 2.88. The van der Waals surface area contributed by atoms with Crippen molar-refractivity contribution in [1.82, 2.24) is 0 Å². The number of unbranched alkanes of at least 4 members (excludes halogenated alkanes) is 3. The van der Waals surface area contributed by atoms with Gasteiger partial charge in [0.05, 0.1) is 6.61 Å². The molecule has 0 aliphatic heterocycles. The average Bonchev–Trinajstić information content (AvgIpc) is 2.49. The van der Waals surface area contributed by atoms with Crippen LogP contribution in [0, 0.1) is 6.92 Å². The molecule has 0 N–H and O–H groups in total. The fraction of sp³-hybridized carbons (Fsp3) is 0.700. The highest BCUT2D eigenvalue weighted by Crippen LogP contribution is 2.35. The fourth-order valence-electron chi connectivity index (χ4n) is 2.80. The molecule has 1 nitrogen and oxygen atoms in total. The maximum atomic E-state index is 6.07. The van der Waals surface area contributed by atoms with Gasteiger partial charge in [0, 0.05) is 0 Å². The highest BCUT2D eigenvalue weighted by Gasteiger charge is 2.16. The first kappa shape index (κ1) is 18.1. The van der Waals surface area contributed by atoms with E-state index in [9.17, 15) is 0 Å². The average molecular weight is 290 g/mol. The van der Waals surface area contributed by atoms with E-state index in [0.29, 0.717) is 5.92 Å². The zero-order valence-corrected chi connectivity index (χ0v) is 14.6. The lowest BCUT2D eigenvalue weighted by Crippen LogP contribution is -2.05. The predicted octanol–water partition coefficient (Wildman–Crippen LogP) is 6.64. The van der Waals surface area contributed by atoms with Crippen LogP contribution in [0.1, 0.15) is 89.2 Å². The van der Waals surface area contributed by atoms with Crippen LogP contribution >= 0.6 is 0 Å². The Morgan fingerprint density at radius 2 is 1.52 bits per heavy atom. The Morgan fingerprint density at radius 1 is 0.905 bits per heavy atom. The van der Waals surface area contributed by atoms with Gasteiger partial charge in [0.1, 0.15) is 5.75 Å². The summed E-state index contributed by atoms with van der Waals surface area (Å²) in [6.07, 6.45) is 10.1. The Hall–Kier alpha value is -0.980. The van der Waals surface area contributed by atoms with E-state index in [1.807, 2.05) is 0 Å². The van der Waals surface area contributed by atoms with E-state index in [2.05, 4.69) is 45.9 Å². The van der Waals surface area contributed by atoms with Crippen LogP contribution in [0.3, 0.4) is 0 Å². The number of aryl methyl sites for hydroxylation is 1. The Morgan fingerprint density at radius 3 is 2.10 bits per heavy atom. The molecule has 1 rings (SSSR count). The second-order valence-corrected chi connectivity index (χ2v) is 6.22. The van der Waals surface area contributed by atoms with E-state index >= 15 is 0 Å². The van der Waals surface area contributed by atoms with Crippen LogP contribution < -0.4 is 4.74 Å². The summed E-state index contributed by atoms with van der Waals surface area (Å²) >= 11 is 0. The molecule has 1 heteroatoms. The summed E-state index contributed by atoms with van der Waals surface area (Å²) < 4.78 is 6.07. The molecule has 0 amide bonds. The van der Waals surface area contributed by atoms with Crippen molar-refractivity contribution in [2.45, 2.75) is 85.0 Å². The molecule has 1 aromatic rings. The minimum atomic E-state index is 0.668. The molecule has 0 saturated carbocycles. The lowest BCUT2D eigenvalue weighted by Gasteiger charge is -2.21. The minimum Gasteiger partial charge on any atom is -0.493 e. The molecule has 0 aliphatic carbocycles. The van der Waals surface area contributed by atoms with Gasteiger partial charge in [-0.05, 0) is 43.7 Å². The van der Waals surface area contributed by atoms with E-state index in [4.69, 9.17) is 4.74 Å². The van der Waals surface area contributed by atoms with Crippen LogP contribution in [0.15, 0.2) is 18.2 Å². The van der Waals surface area contributed by atoms with Gasteiger partial charge in [-0.3, -0.25) is 0 Å². The summed E-state index contributed by atoms with van der Waals surface area (Å²) in [4.78, 5) is 0. The van der Waals surface area contributed by atoms with Gasteiger partial charge < -0.3 is 4.74 Å². The normalized spacial score (nSPS) is 11.1. The summed E-state index contributed by atoms with van der Waals surface area (Å²) in [6, 6.07) is 6.73. The summed E-state index contributed by atoms with van der Waals surface area (Å²) in [7, 11) is 0. The molecule has 0 spiro atoms. The molecule has 0 atom stereocenters. The molecule has 0 unspecified atom stereocenters. The van der Waals surface area contributed by atoms with Crippen molar-refractivity contribution in [3.05, 3.63) is 29.3 Å². The molecule has 0 aliphatic rings. The maximum Gasteiger partial charge on any atom is 0.122 e. The first-order valence-electron chi connectivity index (χ1n) is 8.96. The van der Waals surface area contributed by atoms with Gasteiger partial charge >= 0.3 is 0 Å². The molecule has 0 bridgehead atoms. The summed E-state index contributed by atoms with van der Waals surface area (Å²) in [5, 5.41) is 0. The SMILES string of the molecule is CCCCOc1ccc(C)cc1C(CCCC)CCCC. The lowest BCUT2D eigenvalue weighted by molar-refractivity contribution is 0.302. The van der Waals surface area contributed by atoms with Gasteiger partial charge in [-0.1, -0.05) is 70.6 Å². The molecule has 0 saturated heterocycles. The van der Waals surface area contributed by atoms with E-state index in [0.717, 1.165) is 18.8 Å². The van der Waals surface area contributed by atoms with Gasteiger partial charge in [0.25, 0.3) is 0 Å². The van der Waals surface area contributed by atoms with Gasteiger partial charge in [0.2, 0.25) is 0 Å². The topological polar surface area (TPSA) is 9.23 Å². The van der Waals surface area contributed by atoms with Crippen LogP contribution in [0.5, 0.6) is 5.75 Å². The van der Waals surface area contributed by atoms with Gasteiger partial charge in [-0.2, -0.15) is 0 Å². The van der Waals surface area contributed by atoms with Crippen molar-refractivity contribution in [1.29, 1.82) is 0 Å². The number of rotatable bonds is 11. The van der Waals surface area contributed by atoms with Crippen molar-refractivity contribution in [2.24, 2.45) is 0 Å². The summed E-state index contributed by atoms with van der Waals surface area (Å²) in [5.41, 5.74) is 2.80. The third kappa shape index (κ3) is 6.54. The number of ether oxygens (including phenoxy) is 1. The lowest BCUT2D eigenvalue weighted by atomic mass is 9.87. The molecule has 0 radical (unpaired) electrons. The molecule has 1 aromatic carbocycles. The van der Waals surface area contributed by atoms with Crippen LogP contribution in [0.4, 0.5) is 0 Å². The monoisotopic (exact) mass is 290 g/mol. The van der Waals surface area contributed by atoms with E-state index in [1.54, 1.807) is 0 Å². The van der Waals surface area contributed by atoms with Crippen molar-refractivity contribution < 1.29 is 4.74 Å². The van der Waals surface area contributed by atoms with Crippen molar-refractivity contribution in [3.8, 4) is 5.75 Å². The number of hydrogen-bond acceptors (Lipinski definition) is 1. The zero-order chi connectivity index (χ0) is 15.5. The van der Waals surface area contributed by atoms with Crippen LogP contribution in [-0.4, -0.2) is 6.61 Å². The first-order valence-corrected chi connectivity index (χ1v) is 8.96. The van der Waals surface area contributed by atoms with Crippen molar-refractivity contribution in [2.75, 3.05) is 6.61 Å². The van der Waals surface area contributed by atoms with Crippen molar-refractivity contribution >= 4 is 0 Å². The molecule has 120 valence electrons. The van der Waals surface area contributed by atoms with Crippen LogP contribution in [-0.2, 0) is 0 Å². The Labute approximate surface area is 132 Å². The molecule has 0 fully saturated rings. The molecule has 0 heterocycles. The molecule has 21 heavy (non-hydrogen) atoms. The Bertz CT molecular complexity index is 375. The van der Waals surface area contributed by atoms with E-state index in [1.165, 1.54) is 56.1 Å². The van der Waals surface area contributed by atoms with Crippen molar-refractivity contribution in [3.63, 3.8) is 0 Å². The van der Waals surface area contributed by atoms with E-state index < -0.39 is 0 Å². The highest BCUT2D eigenvalue weighted by atomic mass is 16.5. The summed E-state index contributed by atoms with van der Waals surface area (Å²) in [5.74, 6) is 1.80. The second kappa shape index (κ2) is 10.7. The standard InChI is InChI=1S/C20H34O/c1-5-8-11-18(12-9-6-2)19-16-17(4)13-14-20(19)21-15-10-7-3/h13-14,16,18H,5-12,15H2,1-4H3. The fourth-order valence-corrected chi connectivity index (χ4v) is 2.80. The minimum absolute atomic E-state index is 0.668. The molecular formula is C20H34O. The van der Waals surface area contributed by atoms with Gasteiger partial charge in [-0.15, -0.1) is 0 Å². The second-order valence-electron chi connectivity index (χ2n) is 6.22. The third-order valence-corrected chi connectivity index (χ3v) is 4.17. The third-order valence-electron chi connectivity index (χ3n) is 4.17. The molecular weight excluding hydrogens is 256 g/mol. The zero-order valence-electron chi connectivity index (χ0n) is 14.6. The first-order chi connectivity index (χ1) is 10.2. The number of hydrogen-bond donors (Lipinski definition) is 0.